The zero-order chi connectivity index (χ0) is 13.5. The fraction of sp³-hybridized carbons (Fsp3) is 0.500. The first-order valence-electron chi connectivity index (χ1n) is 6.48. The smallest absolute Gasteiger partial charge is 0.165 e. The molecule has 0 aromatic heterocycles. The summed E-state index contributed by atoms with van der Waals surface area (Å²) in [5.41, 5.74) is 6.68. The maximum Gasteiger partial charge on any atom is 0.165 e. The lowest BCUT2D eigenvalue weighted by atomic mass is 9.81. The molecule has 1 aliphatic heterocycles. The van der Waals surface area contributed by atoms with E-state index in [0.717, 1.165) is 30.6 Å². The molecule has 1 heterocycles. The number of methoxy groups -OCH3 is 1. The van der Waals surface area contributed by atoms with Crippen LogP contribution in [0.3, 0.4) is 0 Å². The van der Waals surface area contributed by atoms with Crippen LogP contribution in [0.2, 0.25) is 0 Å². The maximum absolute atomic E-state index is 13.6. The number of thioether (sulfide) groups is 1. The Morgan fingerprint density at radius 2 is 2.37 bits per heavy atom. The van der Waals surface area contributed by atoms with E-state index in [1.807, 2.05) is 6.07 Å². The summed E-state index contributed by atoms with van der Waals surface area (Å²) in [5, 5.41) is 0.640. The van der Waals surface area contributed by atoms with Gasteiger partial charge in [-0.3, -0.25) is 4.99 Å². The number of nitrogens with two attached hydrogens (primary N) is 1. The number of aliphatic imine (C=N–C) groups is 1. The van der Waals surface area contributed by atoms with Gasteiger partial charge in [-0.2, -0.15) is 0 Å². The van der Waals surface area contributed by atoms with Crippen molar-refractivity contribution in [2.24, 2.45) is 16.6 Å². The number of halogens is 1. The van der Waals surface area contributed by atoms with Gasteiger partial charge in [-0.15, -0.1) is 0 Å². The van der Waals surface area contributed by atoms with Crippen LogP contribution in [-0.4, -0.2) is 18.0 Å². The maximum atomic E-state index is 13.6. The summed E-state index contributed by atoms with van der Waals surface area (Å²) in [6.07, 6.45) is 3.28. The monoisotopic (exact) mass is 280 g/mol. The Morgan fingerprint density at radius 3 is 3.16 bits per heavy atom. The van der Waals surface area contributed by atoms with E-state index in [1.54, 1.807) is 17.8 Å². The molecule has 0 spiro atoms. The molecule has 2 atom stereocenters. The largest absolute Gasteiger partial charge is 0.494 e. The standard InChI is InChI=1S/C14H17FN2OS/c1-18-12-7-9(4-5-11(12)15)14-6-2-3-10(14)8-19-13(16)17-14/h4-5,7,10H,2-3,6,8H2,1H3,(H2,16,17)/t10?,14-/m1/s1. The van der Waals surface area contributed by atoms with Crippen molar-refractivity contribution in [3.05, 3.63) is 29.6 Å². The molecule has 2 aliphatic rings. The van der Waals surface area contributed by atoms with Gasteiger partial charge in [0.05, 0.1) is 12.6 Å². The molecule has 1 saturated carbocycles. The summed E-state index contributed by atoms with van der Waals surface area (Å²) < 4.78 is 18.7. The number of ether oxygens (including phenoxy) is 1. The van der Waals surface area contributed by atoms with Crippen molar-refractivity contribution >= 4 is 16.9 Å². The van der Waals surface area contributed by atoms with Crippen LogP contribution in [-0.2, 0) is 5.54 Å². The van der Waals surface area contributed by atoms with E-state index in [1.165, 1.54) is 13.2 Å². The molecule has 0 saturated heterocycles. The Morgan fingerprint density at radius 1 is 1.53 bits per heavy atom. The highest BCUT2D eigenvalue weighted by Crippen LogP contribution is 2.51. The van der Waals surface area contributed by atoms with Crippen molar-refractivity contribution in [3.8, 4) is 5.75 Å². The van der Waals surface area contributed by atoms with Crippen LogP contribution in [0, 0.1) is 11.7 Å². The molecule has 102 valence electrons. The molecular formula is C14H17FN2OS. The summed E-state index contributed by atoms with van der Waals surface area (Å²) in [7, 11) is 1.49. The van der Waals surface area contributed by atoms with Gasteiger partial charge in [-0.25, -0.2) is 4.39 Å². The number of nitrogens with zero attached hydrogens (tertiary/aromatic N) is 1. The van der Waals surface area contributed by atoms with Crippen LogP contribution >= 0.6 is 11.8 Å². The molecule has 2 N–H and O–H groups in total. The summed E-state index contributed by atoms with van der Waals surface area (Å²) in [5.74, 6) is 1.43. The third-order valence-electron chi connectivity index (χ3n) is 4.18. The number of benzene rings is 1. The second-order valence-electron chi connectivity index (χ2n) is 5.12. The van der Waals surface area contributed by atoms with Crippen molar-refractivity contribution < 1.29 is 9.13 Å². The molecular weight excluding hydrogens is 263 g/mol. The van der Waals surface area contributed by atoms with Crippen LogP contribution in [0.4, 0.5) is 4.39 Å². The zero-order valence-corrected chi connectivity index (χ0v) is 11.7. The Hall–Kier alpha value is -1.23. The average molecular weight is 280 g/mol. The van der Waals surface area contributed by atoms with Crippen molar-refractivity contribution in [3.63, 3.8) is 0 Å². The van der Waals surface area contributed by atoms with Gasteiger partial charge in [0, 0.05) is 5.75 Å². The first-order chi connectivity index (χ1) is 9.15. The quantitative estimate of drug-likeness (QED) is 0.906. The Labute approximate surface area is 116 Å². The molecule has 1 aromatic carbocycles. The molecule has 1 fully saturated rings. The van der Waals surface area contributed by atoms with E-state index in [-0.39, 0.29) is 17.1 Å². The molecule has 19 heavy (non-hydrogen) atoms. The molecule has 3 nitrogen and oxygen atoms in total. The summed E-state index contributed by atoms with van der Waals surface area (Å²) in [4.78, 5) is 4.73. The molecule has 5 heteroatoms. The van der Waals surface area contributed by atoms with Crippen LogP contribution in [0.15, 0.2) is 23.2 Å². The van der Waals surface area contributed by atoms with Gasteiger partial charge in [-0.05, 0) is 36.5 Å². The van der Waals surface area contributed by atoms with E-state index in [0.29, 0.717) is 11.1 Å². The molecule has 1 unspecified atom stereocenters. The van der Waals surface area contributed by atoms with Gasteiger partial charge in [-0.1, -0.05) is 24.2 Å². The molecule has 0 bridgehead atoms. The highest BCUT2D eigenvalue weighted by Gasteiger charge is 2.46. The van der Waals surface area contributed by atoms with Gasteiger partial charge >= 0.3 is 0 Å². The Kier molecular flexibility index (Phi) is 3.17. The first kappa shape index (κ1) is 12.8. The molecule has 0 radical (unpaired) electrons. The average Bonchev–Trinajstić information content (AvgIpc) is 2.83. The fourth-order valence-corrected chi connectivity index (χ4v) is 4.26. The molecule has 1 aromatic rings. The number of rotatable bonds is 2. The lowest BCUT2D eigenvalue weighted by molar-refractivity contribution is 0.347. The molecule has 3 rings (SSSR count). The summed E-state index contributed by atoms with van der Waals surface area (Å²) in [6.45, 7) is 0. The lowest BCUT2D eigenvalue weighted by Crippen LogP contribution is -2.36. The van der Waals surface area contributed by atoms with Crippen molar-refractivity contribution in [2.45, 2.75) is 24.8 Å². The highest BCUT2D eigenvalue weighted by molar-refractivity contribution is 8.13. The van der Waals surface area contributed by atoms with Crippen molar-refractivity contribution in [1.29, 1.82) is 0 Å². The number of fused-ring (bicyclic) bond motifs is 1. The SMILES string of the molecule is COc1cc([C@]23CCCC2CSC(N)=N3)ccc1F. The number of hydrogen-bond donors (Lipinski definition) is 1. The number of hydrogen-bond acceptors (Lipinski definition) is 4. The summed E-state index contributed by atoms with van der Waals surface area (Å²) >= 11 is 1.62. The third-order valence-corrected chi connectivity index (χ3v) is 5.14. The van der Waals surface area contributed by atoms with Crippen LogP contribution in [0.25, 0.3) is 0 Å². The van der Waals surface area contributed by atoms with Crippen molar-refractivity contribution in [2.75, 3.05) is 12.9 Å². The van der Waals surface area contributed by atoms with Crippen molar-refractivity contribution in [1.82, 2.24) is 0 Å². The van der Waals surface area contributed by atoms with Crippen LogP contribution in [0.5, 0.6) is 5.75 Å². The minimum absolute atomic E-state index is 0.268. The zero-order valence-electron chi connectivity index (χ0n) is 10.9. The van der Waals surface area contributed by atoms with Gasteiger partial charge in [0.25, 0.3) is 0 Å². The third kappa shape index (κ3) is 2.00. The normalized spacial score (nSPS) is 29.8. The second-order valence-corrected chi connectivity index (χ2v) is 6.16. The Bertz CT molecular complexity index is 534. The van der Waals surface area contributed by atoms with Gasteiger partial charge in [0.15, 0.2) is 16.7 Å². The topological polar surface area (TPSA) is 47.6 Å². The first-order valence-corrected chi connectivity index (χ1v) is 7.46. The number of amidine groups is 1. The second kappa shape index (κ2) is 4.71. The molecule has 0 amide bonds. The minimum atomic E-state index is -0.334. The minimum Gasteiger partial charge on any atom is -0.494 e. The fourth-order valence-electron chi connectivity index (χ4n) is 3.22. The van der Waals surface area contributed by atoms with Crippen LogP contribution < -0.4 is 10.5 Å². The highest BCUT2D eigenvalue weighted by atomic mass is 32.2. The van der Waals surface area contributed by atoms with Gasteiger partial charge < -0.3 is 10.5 Å². The van der Waals surface area contributed by atoms with E-state index >= 15 is 0 Å². The van der Waals surface area contributed by atoms with Crippen LogP contribution in [0.1, 0.15) is 24.8 Å². The van der Waals surface area contributed by atoms with E-state index in [9.17, 15) is 4.39 Å². The van der Waals surface area contributed by atoms with E-state index < -0.39 is 0 Å². The molecule has 1 aliphatic carbocycles. The van der Waals surface area contributed by atoms with Gasteiger partial charge in [0.1, 0.15) is 0 Å². The Balaban J connectivity index is 2.10. The van der Waals surface area contributed by atoms with E-state index in [2.05, 4.69) is 0 Å². The summed E-state index contributed by atoms with van der Waals surface area (Å²) in [6, 6.07) is 5.06. The van der Waals surface area contributed by atoms with E-state index in [4.69, 9.17) is 15.5 Å². The predicted octanol–water partition coefficient (Wildman–Crippen LogP) is 2.89. The predicted molar refractivity (Wildman–Crippen MR) is 76.1 cm³/mol. The van der Waals surface area contributed by atoms with Gasteiger partial charge in [0.2, 0.25) is 0 Å². The lowest BCUT2D eigenvalue weighted by Gasteiger charge is -2.36.